The Morgan fingerprint density at radius 1 is 0.905 bits per heavy atom. The first-order valence-electron chi connectivity index (χ1n) is 8.12. The molecule has 0 saturated carbocycles. The van der Waals surface area contributed by atoms with Gasteiger partial charge in [0.25, 0.3) is 0 Å². The molecular weight excluding hydrogens is 407 g/mol. The second kappa shape index (κ2) is 12.1. The van der Waals surface area contributed by atoms with E-state index in [2.05, 4.69) is 66.5 Å². The molecule has 0 aromatic heterocycles. The minimum atomic E-state index is -1.04. The lowest BCUT2D eigenvalue weighted by atomic mass is 10.1. The number of unbranched alkanes of at least 4 members (excludes halogenated alkanes) is 6. The lowest BCUT2D eigenvalue weighted by molar-refractivity contribution is -0.00000430. The highest BCUT2D eigenvalue weighted by molar-refractivity contribution is 9.11. The number of benzene rings is 1. The van der Waals surface area contributed by atoms with Crippen LogP contribution in [0, 0.1) is 0 Å². The summed E-state index contributed by atoms with van der Waals surface area (Å²) in [5.74, 6) is 0. The maximum absolute atomic E-state index is 3.98. The van der Waals surface area contributed by atoms with Crippen molar-refractivity contribution in [3.05, 3.63) is 30.3 Å². The Hall–Kier alpha value is 0.610. The highest BCUT2D eigenvalue weighted by atomic mass is 79.9. The first-order chi connectivity index (χ1) is 9.59. The summed E-state index contributed by atoms with van der Waals surface area (Å²) in [4.78, 5) is 0. The normalized spacial score (nSPS) is 12.8. The maximum atomic E-state index is 3.98. The standard InChI is InChI=1S/C18H31BrP.BrH/c1-4-5-6-7-8-9-13-16-18(19)20(2,3)17-14-11-10-12-15-17;/h10-12,14-15,18H,4-9,13,16H2,1-3H3;1H/q+1;/p-1. The highest BCUT2D eigenvalue weighted by Gasteiger charge is 2.36. The van der Waals surface area contributed by atoms with E-state index < -0.39 is 7.26 Å². The Labute approximate surface area is 151 Å². The summed E-state index contributed by atoms with van der Waals surface area (Å²) < 4.78 is 0.674. The third kappa shape index (κ3) is 8.14. The molecule has 21 heavy (non-hydrogen) atoms. The van der Waals surface area contributed by atoms with Crippen LogP contribution in [0.2, 0.25) is 0 Å². The van der Waals surface area contributed by atoms with Crippen LogP contribution in [-0.4, -0.2) is 17.9 Å². The number of rotatable bonds is 10. The van der Waals surface area contributed by atoms with Crippen LogP contribution in [0.3, 0.4) is 0 Å². The molecule has 0 radical (unpaired) electrons. The average Bonchev–Trinajstić information content (AvgIpc) is 2.47. The molecule has 0 aliphatic rings. The van der Waals surface area contributed by atoms with Crippen molar-refractivity contribution in [3.8, 4) is 0 Å². The van der Waals surface area contributed by atoms with Gasteiger partial charge in [0, 0.05) is 0 Å². The van der Waals surface area contributed by atoms with E-state index in [0.29, 0.717) is 4.57 Å². The molecule has 0 spiro atoms. The van der Waals surface area contributed by atoms with Gasteiger partial charge in [0.2, 0.25) is 0 Å². The van der Waals surface area contributed by atoms with Crippen molar-refractivity contribution in [3.63, 3.8) is 0 Å². The van der Waals surface area contributed by atoms with E-state index >= 15 is 0 Å². The smallest absolute Gasteiger partial charge is 0.127 e. The molecule has 0 fully saturated rings. The first-order valence-corrected chi connectivity index (χ1v) is 11.8. The minimum Gasteiger partial charge on any atom is -1.00 e. The molecule has 1 aromatic carbocycles. The fourth-order valence-electron chi connectivity index (χ4n) is 2.57. The van der Waals surface area contributed by atoms with Crippen molar-refractivity contribution >= 4 is 28.5 Å². The van der Waals surface area contributed by atoms with Crippen molar-refractivity contribution < 1.29 is 17.0 Å². The summed E-state index contributed by atoms with van der Waals surface area (Å²) in [6, 6.07) is 11.1. The van der Waals surface area contributed by atoms with Crippen molar-refractivity contribution in [2.24, 2.45) is 0 Å². The molecule has 0 saturated heterocycles. The third-order valence-electron chi connectivity index (χ3n) is 4.17. The van der Waals surface area contributed by atoms with Crippen molar-refractivity contribution in [2.75, 3.05) is 13.3 Å². The van der Waals surface area contributed by atoms with Gasteiger partial charge in [-0.05, 0) is 40.9 Å². The van der Waals surface area contributed by atoms with Crippen LogP contribution in [0.1, 0.15) is 58.3 Å². The van der Waals surface area contributed by atoms with E-state index in [9.17, 15) is 0 Å². The maximum Gasteiger partial charge on any atom is 0.127 e. The van der Waals surface area contributed by atoms with E-state index in [1.54, 1.807) is 5.30 Å². The van der Waals surface area contributed by atoms with Gasteiger partial charge < -0.3 is 17.0 Å². The predicted octanol–water partition coefficient (Wildman–Crippen LogP) is 3.45. The summed E-state index contributed by atoms with van der Waals surface area (Å²) in [5, 5.41) is 1.55. The van der Waals surface area contributed by atoms with Gasteiger partial charge in [-0.15, -0.1) is 0 Å². The molecule has 1 aromatic rings. The summed E-state index contributed by atoms with van der Waals surface area (Å²) in [5.41, 5.74) is 0. The van der Waals surface area contributed by atoms with Crippen LogP contribution in [0.5, 0.6) is 0 Å². The second-order valence-corrected chi connectivity index (χ2v) is 12.3. The van der Waals surface area contributed by atoms with Gasteiger partial charge in [0.15, 0.2) is 0 Å². The molecule has 0 heterocycles. The van der Waals surface area contributed by atoms with Gasteiger partial charge in [-0.1, -0.05) is 63.6 Å². The minimum absolute atomic E-state index is 0. The van der Waals surface area contributed by atoms with E-state index in [4.69, 9.17) is 0 Å². The van der Waals surface area contributed by atoms with Crippen molar-refractivity contribution in [2.45, 2.75) is 62.9 Å². The fourth-order valence-corrected chi connectivity index (χ4v) is 5.69. The lowest BCUT2D eigenvalue weighted by Gasteiger charge is -2.23. The SMILES string of the molecule is CCCCCCCCCC(Br)[P+](C)(C)c1ccccc1.[Br-]. The summed E-state index contributed by atoms with van der Waals surface area (Å²) in [6.07, 6.45) is 11.1. The zero-order valence-corrected chi connectivity index (χ0v) is 17.9. The Balaban J connectivity index is 0.00000400. The van der Waals surface area contributed by atoms with Gasteiger partial charge in [-0.2, -0.15) is 0 Å². The van der Waals surface area contributed by atoms with Gasteiger partial charge in [-0.3, -0.25) is 0 Å². The molecule has 0 aliphatic carbocycles. The Morgan fingerprint density at radius 2 is 1.43 bits per heavy atom. The van der Waals surface area contributed by atoms with Crippen LogP contribution in [-0.2, 0) is 0 Å². The van der Waals surface area contributed by atoms with E-state index in [0.717, 1.165) is 0 Å². The summed E-state index contributed by atoms with van der Waals surface area (Å²) >= 11 is 3.98. The quantitative estimate of drug-likeness (QED) is 0.298. The largest absolute Gasteiger partial charge is 1.00 e. The predicted molar refractivity (Wildman–Crippen MR) is 100 cm³/mol. The third-order valence-corrected chi connectivity index (χ3v) is 11.0. The van der Waals surface area contributed by atoms with Crippen molar-refractivity contribution in [1.29, 1.82) is 0 Å². The molecule has 1 atom stereocenters. The Bertz CT molecular complexity index is 351. The van der Waals surface area contributed by atoms with Crippen LogP contribution >= 0.6 is 23.2 Å². The zero-order chi connectivity index (χ0) is 14.8. The van der Waals surface area contributed by atoms with Crippen LogP contribution in [0.15, 0.2) is 30.3 Å². The fraction of sp³-hybridized carbons (Fsp3) is 0.667. The van der Waals surface area contributed by atoms with E-state index in [1.165, 1.54) is 51.4 Å². The van der Waals surface area contributed by atoms with Gasteiger partial charge in [-0.25, -0.2) is 0 Å². The van der Waals surface area contributed by atoms with Crippen molar-refractivity contribution in [1.82, 2.24) is 0 Å². The molecule has 1 unspecified atom stereocenters. The number of halogens is 2. The Kier molecular flexibility index (Phi) is 12.4. The van der Waals surface area contributed by atoms with E-state index in [-0.39, 0.29) is 17.0 Å². The van der Waals surface area contributed by atoms with Crippen LogP contribution < -0.4 is 22.3 Å². The second-order valence-electron chi connectivity index (χ2n) is 6.22. The van der Waals surface area contributed by atoms with E-state index in [1.807, 2.05) is 0 Å². The van der Waals surface area contributed by atoms with Gasteiger partial charge >= 0.3 is 0 Å². The lowest BCUT2D eigenvalue weighted by Crippen LogP contribution is -3.00. The van der Waals surface area contributed by atoms with Crippen LogP contribution in [0.4, 0.5) is 0 Å². The molecule has 0 nitrogen and oxygen atoms in total. The summed E-state index contributed by atoms with van der Waals surface area (Å²) in [6.45, 7) is 7.21. The Morgan fingerprint density at radius 3 is 2.00 bits per heavy atom. The number of alkyl halides is 1. The molecule has 0 bridgehead atoms. The molecule has 1 rings (SSSR count). The molecule has 0 amide bonds. The summed E-state index contributed by atoms with van der Waals surface area (Å²) in [7, 11) is -1.04. The number of hydrogen-bond acceptors (Lipinski definition) is 0. The zero-order valence-electron chi connectivity index (χ0n) is 13.8. The molecule has 0 N–H and O–H groups in total. The molecule has 3 heteroatoms. The van der Waals surface area contributed by atoms with Gasteiger partial charge in [0.05, 0.1) is 25.9 Å². The molecular formula is C18H31Br2P. The van der Waals surface area contributed by atoms with Gasteiger partial charge in [0.1, 0.15) is 4.57 Å². The molecule has 0 aliphatic heterocycles. The monoisotopic (exact) mass is 436 g/mol. The topological polar surface area (TPSA) is 0 Å². The highest BCUT2D eigenvalue weighted by Crippen LogP contribution is 2.58. The first kappa shape index (κ1) is 21.6. The molecule has 122 valence electrons. The average molecular weight is 438 g/mol. The number of hydrogen-bond donors (Lipinski definition) is 0. The van der Waals surface area contributed by atoms with Crippen LogP contribution in [0.25, 0.3) is 0 Å².